The zero-order valence-corrected chi connectivity index (χ0v) is 12.9. The van der Waals surface area contributed by atoms with E-state index in [1.54, 1.807) is 26.3 Å². The Morgan fingerprint density at radius 1 is 1.43 bits per heavy atom. The molecule has 2 aromatic heterocycles. The molecule has 1 aliphatic rings. The van der Waals surface area contributed by atoms with Gasteiger partial charge in [-0.25, -0.2) is 9.61 Å². The number of nitrogens with zero attached hydrogens (tertiary/aromatic N) is 3. The van der Waals surface area contributed by atoms with Crippen molar-refractivity contribution in [3.63, 3.8) is 0 Å². The maximum absolute atomic E-state index is 12.4. The molecule has 0 radical (unpaired) electrons. The molecule has 2 heterocycles. The second kappa shape index (κ2) is 6.33. The van der Waals surface area contributed by atoms with Crippen LogP contribution in [0.4, 0.5) is 0 Å². The van der Waals surface area contributed by atoms with Crippen LogP contribution in [0.3, 0.4) is 0 Å². The average molecular weight is 318 g/mol. The lowest BCUT2D eigenvalue weighted by Crippen LogP contribution is -2.41. The van der Waals surface area contributed by atoms with E-state index in [0.29, 0.717) is 24.4 Å². The third-order valence-electron chi connectivity index (χ3n) is 4.10. The molecule has 0 bridgehead atoms. The van der Waals surface area contributed by atoms with E-state index in [1.807, 2.05) is 6.07 Å². The topological polar surface area (TPSA) is 110 Å². The summed E-state index contributed by atoms with van der Waals surface area (Å²) in [5.41, 5.74) is 1.45. The zero-order chi connectivity index (χ0) is 16.4. The van der Waals surface area contributed by atoms with Gasteiger partial charge in [-0.3, -0.25) is 4.79 Å². The van der Waals surface area contributed by atoms with E-state index in [-0.39, 0.29) is 29.7 Å². The highest BCUT2D eigenvalue weighted by Gasteiger charge is 2.36. The van der Waals surface area contributed by atoms with Gasteiger partial charge in [-0.1, -0.05) is 11.2 Å². The molecule has 1 fully saturated rings. The maximum atomic E-state index is 12.4. The van der Waals surface area contributed by atoms with Gasteiger partial charge in [0, 0.05) is 12.3 Å². The number of hydrogen-bond donors (Lipinski definition) is 2. The number of hydrogen-bond acceptors (Lipinski definition) is 7. The number of rotatable bonds is 5. The van der Waals surface area contributed by atoms with Crippen LogP contribution in [0, 0.1) is 12.8 Å². The van der Waals surface area contributed by atoms with Gasteiger partial charge in [0.05, 0.1) is 19.3 Å². The highest BCUT2D eigenvalue weighted by molar-refractivity contribution is 5.93. The van der Waals surface area contributed by atoms with Crippen molar-refractivity contribution in [2.75, 3.05) is 7.11 Å². The average Bonchev–Trinajstić information content (AvgIpc) is 2.96. The Hall–Kier alpha value is -2.48. The van der Waals surface area contributed by atoms with E-state index < -0.39 is 0 Å². The van der Waals surface area contributed by atoms with E-state index in [2.05, 4.69) is 25.2 Å². The van der Waals surface area contributed by atoms with Crippen LogP contribution < -0.4 is 10.1 Å². The molecule has 1 unspecified atom stereocenters. The first-order valence-corrected chi connectivity index (χ1v) is 7.36. The van der Waals surface area contributed by atoms with E-state index >= 15 is 0 Å². The number of pyridine rings is 1. The van der Waals surface area contributed by atoms with Crippen LogP contribution in [-0.2, 0) is 0 Å². The Morgan fingerprint density at radius 3 is 2.74 bits per heavy atom. The predicted molar refractivity (Wildman–Crippen MR) is 78.8 cm³/mol. The molecule has 0 aromatic carbocycles. The van der Waals surface area contributed by atoms with E-state index in [0.717, 1.165) is 5.56 Å². The number of nitrogens with one attached hydrogen (secondary N) is 1. The van der Waals surface area contributed by atoms with Crippen molar-refractivity contribution >= 4 is 5.91 Å². The van der Waals surface area contributed by atoms with E-state index in [9.17, 15) is 9.90 Å². The summed E-state index contributed by atoms with van der Waals surface area (Å²) in [6.45, 7) is 1.66. The SMILES string of the molecule is COc1ccc(C(NC(=O)c2nonc2C)C2CC(O)C2)cn1. The Balaban J connectivity index is 1.80. The molecule has 8 heteroatoms. The number of carbonyl (C=O) groups is 1. The molecule has 1 aliphatic carbocycles. The quantitative estimate of drug-likeness (QED) is 0.847. The van der Waals surface area contributed by atoms with Crippen molar-refractivity contribution in [2.24, 2.45) is 5.92 Å². The van der Waals surface area contributed by atoms with Crippen molar-refractivity contribution in [1.29, 1.82) is 0 Å². The molecule has 1 saturated carbocycles. The molecular formula is C15H18N4O4. The molecule has 122 valence electrons. The lowest BCUT2D eigenvalue weighted by atomic mass is 9.75. The van der Waals surface area contributed by atoms with Crippen LogP contribution in [0.25, 0.3) is 0 Å². The smallest absolute Gasteiger partial charge is 0.275 e. The number of amides is 1. The molecule has 8 nitrogen and oxygen atoms in total. The highest BCUT2D eigenvalue weighted by Crippen LogP contribution is 2.38. The number of aliphatic hydroxyl groups excluding tert-OH is 1. The summed E-state index contributed by atoms with van der Waals surface area (Å²) in [5, 5.41) is 19.8. The number of aryl methyl sites for hydroxylation is 1. The maximum Gasteiger partial charge on any atom is 0.275 e. The largest absolute Gasteiger partial charge is 0.481 e. The number of ether oxygens (including phenoxy) is 1. The van der Waals surface area contributed by atoms with E-state index in [1.165, 1.54) is 0 Å². The molecule has 2 N–H and O–H groups in total. The fourth-order valence-electron chi connectivity index (χ4n) is 2.72. The summed E-state index contributed by atoms with van der Waals surface area (Å²) in [4.78, 5) is 16.6. The van der Waals surface area contributed by atoms with Gasteiger partial charge in [-0.2, -0.15) is 0 Å². The van der Waals surface area contributed by atoms with Gasteiger partial charge < -0.3 is 15.2 Å². The van der Waals surface area contributed by atoms with Crippen molar-refractivity contribution in [2.45, 2.75) is 31.9 Å². The van der Waals surface area contributed by atoms with Crippen LogP contribution in [0.1, 0.15) is 40.6 Å². The first-order chi connectivity index (χ1) is 11.1. The number of carbonyl (C=O) groups excluding carboxylic acids is 1. The first-order valence-electron chi connectivity index (χ1n) is 7.36. The third kappa shape index (κ3) is 3.16. The standard InChI is InChI=1S/C15H18N4O4/c1-8-13(19-23-18-8)15(21)17-14(10-5-11(20)6-10)9-3-4-12(22-2)16-7-9/h3-4,7,10-11,14,20H,5-6H2,1-2H3,(H,17,21). The fourth-order valence-corrected chi connectivity index (χ4v) is 2.72. The summed E-state index contributed by atoms with van der Waals surface area (Å²) in [7, 11) is 1.55. The minimum absolute atomic E-state index is 0.143. The molecule has 2 aromatic rings. The molecule has 1 amide bonds. The normalized spacial score (nSPS) is 21.3. The summed E-state index contributed by atoms with van der Waals surface area (Å²) in [6.07, 6.45) is 2.61. The summed E-state index contributed by atoms with van der Waals surface area (Å²) in [5.74, 6) is 0.291. The molecular weight excluding hydrogens is 300 g/mol. The van der Waals surface area contributed by atoms with Gasteiger partial charge in [0.1, 0.15) is 5.69 Å². The molecule has 3 rings (SSSR count). The predicted octanol–water partition coefficient (Wildman–Crippen LogP) is 1.02. The Labute approximate surface area is 132 Å². The van der Waals surface area contributed by atoms with Gasteiger partial charge in [-0.15, -0.1) is 0 Å². The van der Waals surface area contributed by atoms with Crippen LogP contribution in [-0.4, -0.2) is 39.5 Å². The Morgan fingerprint density at radius 2 is 2.22 bits per heavy atom. The first kappa shape index (κ1) is 15.4. The second-order valence-corrected chi connectivity index (χ2v) is 5.67. The number of aromatic nitrogens is 3. The van der Waals surface area contributed by atoms with Gasteiger partial charge >= 0.3 is 0 Å². The van der Waals surface area contributed by atoms with Gasteiger partial charge in [0.2, 0.25) is 5.88 Å². The minimum Gasteiger partial charge on any atom is -0.481 e. The van der Waals surface area contributed by atoms with Crippen LogP contribution in [0.2, 0.25) is 0 Å². The summed E-state index contributed by atoms with van der Waals surface area (Å²) >= 11 is 0. The van der Waals surface area contributed by atoms with Crippen LogP contribution >= 0.6 is 0 Å². The Kier molecular flexibility index (Phi) is 4.24. The summed E-state index contributed by atoms with van der Waals surface area (Å²) < 4.78 is 9.63. The fraction of sp³-hybridized carbons (Fsp3) is 0.467. The van der Waals surface area contributed by atoms with Crippen molar-refractivity contribution < 1.29 is 19.3 Å². The highest BCUT2D eigenvalue weighted by atomic mass is 16.6. The van der Waals surface area contributed by atoms with Gasteiger partial charge in [0.25, 0.3) is 5.91 Å². The lowest BCUT2D eigenvalue weighted by molar-refractivity contribution is 0.0233. The zero-order valence-electron chi connectivity index (χ0n) is 12.9. The Bertz CT molecular complexity index is 679. The minimum atomic E-state index is -0.356. The molecule has 1 atom stereocenters. The van der Waals surface area contributed by atoms with Gasteiger partial charge in [0.15, 0.2) is 5.69 Å². The third-order valence-corrected chi connectivity index (χ3v) is 4.10. The van der Waals surface area contributed by atoms with Gasteiger partial charge in [-0.05, 0) is 36.4 Å². The van der Waals surface area contributed by atoms with E-state index in [4.69, 9.17) is 4.74 Å². The monoisotopic (exact) mass is 318 g/mol. The van der Waals surface area contributed by atoms with Crippen molar-refractivity contribution in [3.05, 3.63) is 35.3 Å². The van der Waals surface area contributed by atoms with Crippen LogP contribution in [0.15, 0.2) is 23.0 Å². The lowest BCUT2D eigenvalue weighted by Gasteiger charge is -2.38. The number of aliphatic hydroxyl groups is 1. The second-order valence-electron chi connectivity index (χ2n) is 5.67. The molecule has 23 heavy (non-hydrogen) atoms. The number of methoxy groups -OCH3 is 1. The van der Waals surface area contributed by atoms with Crippen molar-refractivity contribution in [1.82, 2.24) is 20.6 Å². The van der Waals surface area contributed by atoms with Crippen molar-refractivity contribution in [3.8, 4) is 5.88 Å². The molecule has 0 spiro atoms. The summed E-state index contributed by atoms with van der Waals surface area (Å²) in [6, 6.07) is 3.34. The van der Waals surface area contributed by atoms with Crippen LogP contribution in [0.5, 0.6) is 5.88 Å². The molecule has 0 saturated heterocycles. The molecule has 0 aliphatic heterocycles.